The standard InChI is InChI=1S/C11H23N3O2/c1-8(2)11(16)14(4)9(10(12)15)6-5-7-13-3/h8-9,13H,5-7H2,1-4H3,(H2,12,15). The third kappa shape index (κ3) is 4.61. The molecule has 0 aromatic rings. The molecule has 0 bridgehead atoms. The zero-order valence-electron chi connectivity index (χ0n) is 10.6. The SMILES string of the molecule is CNCCCC(C(N)=O)N(C)C(=O)C(C)C. The van der Waals surface area contributed by atoms with E-state index < -0.39 is 11.9 Å². The largest absolute Gasteiger partial charge is 0.368 e. The van der Waals surface area contributed by atoms with Crippen molar-refractivity contribution < 1.29 is 9.59 Å². The van der Waals surface area contributed by atoms with Crippen LogP contribution in [0.1, 0.15) is 26.7 Å². The van der Waals surface area contributed by atoms with Crippen LogP contribution < -0.4 is 11.1 Å². The van der Waals surface area contributed by atoms with Crippen LogP contribution >= 0.6 is 0 Å². The third-order valence-electron chi connectivity index (χ3n) is 2.54. The molecule has 0 spiro atoms. The number of nitrogens with zero attached hydrogens (tertiary/aromatic N) is 1. The second-order valence-corrected chi connectivity index (χ2v) is 4.27. The van der Waals surface area contributed by atoms with Crippen molar-refractivity contribution in [2.45, 2.75) is 32.7 Å². The fourth-order valence-electron chi connectivity index (χ4n) is 1.56. The number of carbonyl (C=O) groups is 2. The van der Waals surface area contributed by atoms with Crippen molar-refractivity contribution >= 4 is 11.8 Å². The number of nitrogens with two attached hydrogens (primary N) is 1. The Bertz CT molecular complexity index is 241. The van der Waals surface area contributed by atoms with E-state index in [0.717, 1.165) is 13.0 Å². The molecule has 94 valence electrons. The number of rotatable bonds is 7. The lowest BCUT2D eigenvalue weighted by molar-refractivity contribution is -0.140. The highest BCUT2D eigenvalue weighted by atomic mass is 16.2. The van der Waals surface area contributed by atoms with Crippen LogP contribution in [0.2, 0.25) is 0 Å². The molecule has 0 aromatic carbocycles. The van der Waals surface area contributed by atoms with E-state index in [-0.39, 0.29) is 11.8 Å². The van der Waals surface area contributed by atoms with E-state index in [1.807, 2.05) is 20.9 Å². The highest BCUT2D eigenvalue weighted by molar-refractivity contribution is 5.87. The van der Waals surface area contributed by atoms with Gasteiger partial charge in [-0.1, -0.05) is 13.8 Å². The molecule has 3 N–H and O–H groups in total. The number of carbonyl (C=O) groups excluding carboxylic acids is 2. The molecule has 0 aromatic heterocycles. The monoisotopic (exact) mass is 229 g/mol. The smallest absolute Gasteiger partial charge is 0.240 e. The zero-order valence-corrected chi connectivity index (χ0v) is 10.6. The van der Waals surface area contributed by atoms with E-state index in [2.05, 4.69) is 5.32 Å². The quantitative estimate of drug-likeness (QED) is 0.601. The number of nitrogens with one attached hydrogen (secondary N) is 1. The summed E-state index contributed by atoms with van der Waals surface area (Å²) >= 11 is 0. The molecule has 16 heavy (non-hydrogen) atoms. The lowest BCUT2D eigenvalue weighted by Crippen LogP contribution is -2.47. The van der Waals surface area contributed by atoms with Crippen molar-refractivity contribution in [3.8, 4) is 0 Å². The Morgan fingerprint density at radius 1 is 1.38 bits per heavy atom. The molecule has 0 fully saturated rings. The molecule has 0 radical (unpaired) electrons. The van der Waals surface area contributed by atoms with Gasteiger partial charge in [0.2, 0.25) is 11.8 Å². The summed E-state index contributed by atoms with van der Waals surface area (Å²) in [6, 6.07) is -0.497. The van der Waals surface area contributed by atoms with Crippen LogP contribution in [0.4, 0.5) is 0 Å². The average molecular weight is 229 g/mol. The van der Waals surface area contributed by atoms with Gasteiger partial charge in [0.1, 0.15) is 6.04 Å². The van der Waals surface area contributed by atoms with Crippen LogP contribution in [-0.4, -0.2) is 43.4 Å². The molecule has 0 aliphatic heterocycles. The van der Waals surface area contributed by atoms with Gasteiger partial charge >= 0.3 is 0 Å². The van der Waals surface area contributed by atoms with Crippen LogP contribution in [0.5, 0.6) is 0 Å². The fraction of sp³-hybridized carbons (Fsp3) is 0.818. The first-order chi connectivity index (χ1) is 7.41. The Morgan fingerprint density at radius 3 is 2.31 bits per heavy atom. The number of likely N-dealkylation sites (N-methyl/N-ethyl adjacent to an activating group) is 1. The minimum atomic E-state index is -0.497. The normalized spacial score (nSPS) is 12.6. The number of hydrogen-bond acceptors (Lipinski definition) is 3. The maximum absolute atomic E-state index is 11.7. The maximum Gasteiger partial charge on any atom is 0.240 e. The van der Waals surface area contributed by atoms with Gasteiger partial charge in [0.05, 0.1) is 0 Å². The van der Waals surface area contributed by atoms with E-state index in [1.54, 1.807) is 7.05 Å². The van der Waals surface area contributed by atoms with Gasteiger partial charge in [0.15, 0.2) is 0 Å². The van der Waals surface area contributed by atoms with Crippen LogP contribution in [0, 0.1) is 5.92 Å². The van der Waals surface area contributed by atoms with E-state index in [0.29, 0.717) is 6.42 Å². The Hall–Kier alpha value is -1.10. The molecule has 0 aliphatic carbocycles. The van der Waals surface area contributed by atoms with E-state index >= 15 is 0 Å². The van der Waals surface area contributed by atoms with E-state index in [1.165, 1.54) is 4.90 Å². The molecule has 0 rings (SSSR count). The number of amides is 2. The molecular weight excluding hydrogens is 206 g/mol. The van der Waals surface area contributed by atoms with Gasteiger partial charge in [-0.05, 0) is 26.4 Å². The summed E-state index contributed by atoms with van der Waals surface area (Å²) < 4.78 is 0. The number of hydrogen-bond donors (Lipinski definition) is 2. The molecule has 0 aliphatic rings. The second-order valence-electron chi connectivity index (χ2n) is 4.27. The zero-order chi connectivity index (χ0) is 12.7. The lowest BCUT2D eigenvalue weighted by Gasteiger charge is -2.27. The molecular formula is C11H23N3O2. The first kappa shape index (κ1) is 14.9. The Labute approximate surface area is 97.4 Å². The predicted molar refractivity (Wildman–Crippen MR) is 63.8 cm³/mol. The maximum atomic E-state index is 11.7. The topological polar surface area (TPSA) is 75.4 Å². The summed E-state index contributed by atoms with van der Waals surface area (Å²) in [5.74, 6) is -0.600. The van der Waals surface area contributed by atoms with Gasteiger partial charge in [-0.3, -0.25) is 9.59 Å². The summed E-state index contributed by atoms with van der Waals surface area (Å²) in [7, 11) is 3.49. The molecule has 2 amide bonds. The van der Waals surface area contributed by atoms with E-state index in [9.17, 15) is 9.59 Å². The lowest BCUT2D eigenvalue weighted by atomic mass is 10.1. The third-order valence-corrected chi connectivity index (χ3v) is 2.54. The van der Waals surface area contributed by atoms with Gasteiger partial charge in [0, 0.05) is 13.0 Å². The number of primary amides is 1. The highest BCUT2D eigenvalue weighted by Crippen LogP contribution is 2.09. The van der Waals surface area contributed by atoms with Gasteiger partial charge in [-0.25, -0.2) is 0 Å². The molecule has 5 nitrogen and oxygen atoms in total. The summed E-state index contributed by atoms with van der Waals surface area (Å²) in [5, 5.41) is 3.00. The Morgan fingerprint density at radius 2 is 1.94 bits per heavy atom. The summed E-state index contributed by atoms with van der Waals surface area (Å²) in [5.41, 5.74) is 5.30. The average Bonchev–Trinajstić information content (AvgIpc) is 2.21. The Kier molecular flexibility index (Phi) is 6.72. The Balaban J connectivity index is 4.41. The summed E-state index contributed by atoms with van der Waals surface area (Å²) in [6.07, 6.45) is 1.42. The molecule has 0 heterocycles. The second kappa shape index (κ2) is 7.22. The first-order valence-corrected chi connectivity index (χ1v) is 5.62. The fourth-order valence-corrected chi connectivity index (χ4v) is 1.56. The van der Waals surface area contributed by atoms with Crippen molar-refractivity contribution in [1.82, 2.24) is 10.2 Å². The minimum Gasteiger partial charge on any atom is -0.368 e. The van der Waals surface area contributed by atoms with Crippen LogP contribution in [0.25, 0.3) is 0 Å². The van der Waals surface area contributed by atoms with Gasteiger partial charge < -0.3 is 16.0 Å². The highest BCUT2D eigenvalue weighted by Gasteiger charge is 2.25. The van der Waals surface area contributed by atoms with Crippen LogP contribution in [0.3, 0.4) is 0 Å². The van der Waals surface area contributed by atoms with Crippen molar-refractivity contribution in [2.24, 2.45) is 11.7 Å². The first-order valence-electron chi connectivity index (χ1n) is 5.62. The molecule has 5 heteroatoms. The minimum absolute atomic E-state index is 0.0479. The van der Waals surface area contributed by atoms with Crippen LogP contribution in [0.15, 0.2) is 0 Å². The molecule has 1 unspecified atom stereocenters. The van der Waals surface area contributed by atoms with Crippen LogP contribution in [-0.2, 0) is 9.59 Å². The van der Waals surface area contributed by atoms with Crippen molar-refractivity contribution in [1.29, 1.82) is 0 Å². The molecule has 1 atom stereocenters. The van der Waals surface area contributed by atoms with Crippen molar-refractivity contribution in [3.05, 3.63) is 0 Å². The van der Waals surface area contributed by atoms with Gasteiger partial charge in [-0.15, -0.1) is 0 Å². The predicted octanol–water partition coefficient (Wildman–Crippen LogP) is -0.0457. The van der Waals surface area contributed by atoms with Crippen molar-refractivity contribution in [2.75, 3.05) is 20.6 Å². The summed E-state index contributed by atoms with van der Waals surface area (Å²) in [6.45, 7) is 4.43. The van der Waals surface area contributed by atoms with Crippen molar-refractivity contribution in [3.63, 3.8) is 0 Å². The van der Waals surface area contributed by atoms with Gasteiger partial charge in [0.25, 0.3) is 0 Å². The molecule has 0 saturated heterocycles. The van der Waals surface area contributed by atoms with E-state index in [4.69, 9.17) is 5.73 Å². The summed E-state index contributed by atoms with van der Waals surface area (Å²) in [4.78, 5) is 24.5. The molecule has 0 saturated carbocycles. The van der Waals surface area contributed by atoms with Gasteiger partial charge in [-0.2, -0.15) is 0 Å².